The van der Waals surface area contributed by atoms with E-state index in [1.54, 1.807) is 0 Å². The lowest BCUT2D eigenvalue weighted by Gasteiger charge is -2.24. The fraction of sp³-hybridized carbons (Fsp3) is 0.240. The highest BCUT2D eigenvalue weighted by Crippen LogP contribution is 2.40. The first-order valence-electron chi connectivity index (χ1n) is 20.1. The predicted octanol–water partition coefficient (Wildman–Crippen LogP) is 12.5. The molecule has 0 radical (unpaired) electrons. The number of nitrogens with zero attached hydrogens (tertiary/aromatic N) is 2. The molecule has 0 aliphatic carbocycles. The first-order valence-corrected chi connectivity index (χ1v) is 20.1. The fourth-order valence-corrected chi connectivity index (χ4v) is 8.18. The minimum atomic E-state index is -0.363. The third kappa shape index (κ3) is 6.85. The van der Waals surface area contributed by atoms with Gasteiger partial charge in [-0.3, -0.25) is 0 Å². The Balaban J connectivity index is 1.20. The van der Waals surface area contributed by atoms with Crippen molar-refractivity contribution in [3.05, 3.63) is 142 Å². The maximum atomic E-state index is 13.8. The van der Waals surface area contributed by atoms with Gasteiger partial charge in [-0.15, -0.1) is 0 Å². The molecule has 0 saturated heterocycles. The standard InChI is InChI=1S/C50H48N2O4/c1-5-9-27-52(28-10-6-2)36-26-24-34-30-46(50(54)56-48(34)32-36)44-22-14-18-40-38(16-12-20-42(40)44)37-15-11-19-41-39(37)17-13-21-43(41)45-29-33-23-25-35(51(7-3)8-4)31-47(33)55-49(45)53/h11-26,29-32H,5-10,27-28H2,1-4H3. The van der Waals surface area contributed by atoms with Crippen LogP contribution in [-0.4, -0.2) is 26.2 Å². The van der Waals surface area contributed by atoms with Gasteiger partial charge in [0.05, 0.1) is 11.1 Å². The third-order valence-corrected chi connectivity index (χ3v) is 11.2. The van der Waals surface area contributed by atoms with Crippen LogP contribution < -0.4 is 21.1 Å². The number of hydrogen-bond donors (Lipinski definition) is 0. The first kappa shape index (κ1) is 36.8. The van der Waals surface area contributed by atoms with Gasteiger partial charge in [0, 0.05) is 60.5 Å². The Labute approximate surface area is 327 Å². The molecule has 6 nitrogen and oxygen atoms in total. The molecule has 0 atom stereocenters. The Morgan fingerprint density at radius 3 is 1.18 bits per heavy atom. The summed E-state index contributed by atoms with van der Waals surface area (Å²) in [6, 6.07) is 40.9. The Bertz CT molecular complexity index is 2820. The second kappa shape index (κ2) is 15.9. The summed E-state index contributed by atoms with van der Waals surface area (Å²) in [6.45, 7) is 12.4. The minimum Gasteiger partial charge on any atom is -0.422 e. The summed E-state index contributed by atoms with van der Waals surface area (Å²) in [5.74, 6) is 0. The quantitative estimate of drug-likeness (QED) is 0.110. The van der Waals surface area contributed by atoms with Gasteiger partial charge in [0.1, 0.15) is 11.2 Å². The van der Waals surface area contributed by atoms with Crippen LogP contribution >= 0.6 is 0 Å². The lowest BCUT2D eigenvalue weighted by molar-refractivity contribution is 0.563. The number of fused-ring (bicyclic) bond motifs is 4. The molecule has 6 heteroatoms. The van der Waals surface area contributed by atoms with Crippen LogP contribution in [0.4, 0.5) is 11.4 Å². The normalized spacial score (nSPS) is 11.6. The molecule has 8 rings (SSSR count). The predicted molar refractivity (Wildman–Crippen MR) is 235 cm³/mol. The van der Waals surface area contributed by atoms with Crippen LogP contribution in [0.2, 0.25) is 0 Å². The van der Waals surface area contributed by atoms with Gasteiger partial charge in [0.15, 0.2) is 0 Å². The molecule has 2 aromatic heterocycles. The molecule has 0 spiro atoms. The van der Waals surface area contributed by atoms with Crippen molar-refractivity contribution in [1.82, 2.24) is 0 Å². The van der Waals surface area contributed by atoms with Crippen LogP contribution in [0, 0.1) is 0 Å². The second-order valence-corrected chi connectivity index (χ2v) is 14.6. The first-order chi connectivity index (χ1) is 27.4. The SMILES string of the molecule is CCCCN(CCCC)c1ccc2cc(-c3cccc4c(-c5cccc6c(-c7cc8ccc(N(CC)CC)cc8oc7=O)cccc56)cccc34)c(=O)oc2c1. The van der Waals surface area contributed by atoms with E-state index in [0.717, 1.165) is 118 Å². The molecule has 0 N–H and O–H groups in total. The summed E-state index contributed by atoms with van der Waals surface area (Å²) < 4.78 is 12.0. The monoisotopic (exact) mass is 740 g/mol. The van der Waals surface area contributed by atoms with Crippen molar-refractivity contribution in [2.45, 2.75) is 53.4 Å². The van der Waals surface area contributed by atoms with Crippen molar-refractivity contribution in [3.63, 3.8) is 0 Å². The number of anilines is 2. The van der Waals surface area contributed by atoms with Crippen molar-refractivity contribution in [1.29, 1.82) is 0 Å². The number of unbranched alkanes of at least 4 members (excludes halogenated alkanes) is 2. The average molecular weight is 741 g/mol. The Kier molecular flexibility index (Phi) is 10.5. The van der Waals surface area contributed by atoms with E-state index in [0.29, 0.717) is 22.3 Å². The van der Waals surface area contributed by atoms with Crippen LogP contribution in [-0.2, 0) is 0 Å². The summed E-state index contributed by atoms with van der Waals surface area (Å²) in [6.07, 6.45) is 4.50. The van der Waals surface area contributed by atoms with E-state index in [-0.39, 0.29) is 11.3 Å². The van der Waals surface area contributed by atoms with Crippen LogP contribution in [0.25, 0.3) is 76.9 Å². The number of rotatable bonds is 13. The van der Waals surface area contributed by atoms with E-state index in [1.807, 2.05) is 66.7 Å². The van der Waals surface area contributed by atoms with E-state index in [4.69, 9.17) is 8.83 Å². The summed E-state index contributed by atoms with van der Waals surface area (Å²) in [4.78, 5) is 32.0. The van der Waals surface area contributed by atoms with Gasteiger partial charge < -0.3 is 18.6 Å². The molecule has 0 aliphatic heterocycles. The van der Waals surface area contributed by atoms with E-state index >= 15 is 0 Å². The number of benzene rings is 6. The molecule has 56 heavy (non-hydrogen) atoms. The molecule has 6 aromatic carbocycles. The Morgan fingerprint density at radius 2 is 0.804 bits per heavy atom. The number of hydrogen-bond acceptors (Lipinski definition) is 6. The molecular formula is C50H48N2O4. The lowest BCUT2D eigenvalue weighted by atomic mass is 9.89. The third-order valence-electron chi connectivity index (χ3n) is 11.2. The average Bonchev–Trinajstić information content (AvgIpc) is 3.22. The summed E-state index contributed by atoms with van der Waals surface area (Å²) in [5.41, 5.74) is 7.39. The van der Waals surface area contributed by atoms with Gasteiger partial charge in [-0.2, -0.15) is 0 Å². The zero-order chi connectivity index (χ0) is 38.8. The summed E-state index contributed by atoms with van der Waals surface area (Å²) in [5, 5.41) is 5.74. The summed E-state index contributed by atoms with van der Waals surface area (Å²) >= 11 is 0. The van der Waals surface area contributed by atoms with Gasteiger partial charge in [0.25, 0.3) is 0 Å². The van der Waals surface area contributed by atoms with Crippen LogP contribution in [0.3, 0.4) is 0 Å². The van der Waals surface area contributed by atoms with Crippen molar-refractivity contribution in [3.8, 4) is 33.4 Å². The zero-order valence-corrected chi connectivity index (χ0v) is 32.7. The maximum absolute atomic E-state index is 13.8. The maximum Gasteiger partial charge on any atom is 0.344 e. The molecule has 0 aliphatic rings. The van der Waals surface area contributed by atoms with Crippen LogP contribution in [0.15, 0.2) is 140 Å². The molecule has 0 unspecified atom stereocenters. The van der Waals surface area contributed by atoms with Gasteiger partial charge in [-0.1, -0.05) is 99.5 Å². The van der Waals surface area contributed by atoms with Gasteiger partial charge in [0.2, 0.25) is 0 Å². The molecule has 0 amide bonds. The Hall–Kier alpha value is -6.14. The van der Waals surface area contributed by atoms with Crippen LogP contribution in [0.5, 0.6) is 0 Å². The van der Waals surface area contributed by atoms with Crippen LogP contribution in [0.1, 0.15) is 53.4 Å². The molecule has 0 bridgehead atoms. The second-order valence-electron chi connectivity index (χ2n) is 14.6. The largest absolute Gasteiger partial charge is 0.422 e. The molecule has 2 heterocycles. The lowest BCUT2D eigenvalue weighted by Crippen LogP contribution is -2.25. The van der Waals surface area contributed by atoms with Crippen molar-refractivity contribution in [2.75, 3.05) is 36.0 Å². The molecule has 8 aromatic rings. The van der Waals surface area contributed by atoms with Crippen molar-refractivity contribution < 1.29 is 8.83 Å². The highest BCUT2D eigenvalue weighted by atomic mass is 16.4. The summed E-state index contributed by atoms with van der Waals surface area (Å²) in [7, 11) is 0. The highest BCUT2D eigenvalue weighted by Gasteiger charge is 2.18. The van der Waals surface area contributed by atoms with Crippen molar-refractivity contribution in [2.24, 2.45) is 0 Å². The Morgan fingerprint density at radius 1 is 0.429 bits per heavy atom. The fourth-order valence-electron chi connectivity index (χ4n) is 8.18. The molecule has 282 valence electrons. The van der Waals surface area contributed by atoms with E-state index in [9.17, 15) is 9.59 Å². The van der Waals surface area contributed by atoms with Crippen molar-refractivity contribution >= 4 is 54.9 Å². The highest BCUT2D eigenvalue weighted by molar-refractivity contribution is 6.11. The van der Waals surface area contributed by atoms with E-state index in [1.165, 1.54) is 0 Å². The van der Waals surface area contributed by atoms with E-state index in [2.05, 4.69) is 92.1 Å². The minimum absolute atomic E-state index is 0.352. The van der Waals surface area contributed by atoms with Gasteiger partial charge in [-0.25, -0.2) is 9.59 Å². The zero-order valence-electron chi connectivity index (χ0n) is 32.7. The van der Waals surface area contributed by atoms with Gasteiger partial charge in [-0.05, 0) is 107 Å². The topological polar surface area (TPSA) is 66.9 Å². The molecule has 0 saturated carbocycles. The molecule has 0 fully saturated rings. The molecular weight excluding hydrogens is 693 g/mol. The van der Waals surface area contributed by atoms with E-state index < -0.39 is 0 Å². The van der Waals surface area contributed by atoms with Gasteiger partial charge >= 0.3 is 11.3 Å². The smallest absolute Gasteiger partial charge is 0.344 e.